The van der Waals surface area contributed by atoms with Gasteiger partial charge in [0.05, 0.1) is 0 Å². The third-order valence-corrected chi connectivity index (χ3v) is 10.5. The highest BCUT2D eigenvalue weighted by Gasteiger charge is 2.20. The van der Waals surface area contributed by atoms with E-state index in [0.717, 1.165) is 49.4 Å². The van der Waals surface area contributed by atoms with Gasteiger partial charge in [0.2, 0.25) is 0 Å². The smallest absolute Gasteiger partial charge is 0.178 e. The number of hydrogen-bond acceptors (Lipinski definition) is 2. The maximum atomic E-state index is 6.51. The predicted molar refractivity (Wildman–Crippen MR) is 210 cm³/mol. The molecule has 2 heterocycles. The highest BCUT2D eigenvalue weighted by atomic mass is 16.4. The molecule has 0 aliphatic rings. The maximum absolute atomic E-state index is 6.51. The summed E-state index contributed by atoms with van der Waals surface area (Å²) >= 11 is 0. The van der Waals surface area contributed by atoms with Gasteiger partial charge in [0.15, 0.2) is 11.2 Å². The van der Waals surface area contributed by atoms with Gasteiger partial charge < -0.3 is 8.83 Å². The van der Waals surface area contributed by atoms with Crippen molar-refractivity contribution in [3.63, 3.8) is 0 Å². The van der Waals surface area contributed by atoms with Gasteiger partial charge in [-0.05, 0) is 102 Å². The van der Waals surface area contributed by atoms with Crippen LogP contribution in [0.5, 0.6) is 0 Å². The van der Waals surface area contributed by atoms with E-state index in [-0.39, 0.29) is 0 Å². The first kappa shape index (κ1) is 27.3. The zero-order valence-electron chi connectivity index (χ0n) is 27.0. The van der Waals surface area contributed by atoms with Crippen molar-refractivity contribution in [1.29, 1.82) is 0 Å². The van der Waals surface area contributed by atoms with Crippen LogP contribution in [0, 0.1) is 0 Å². The first-order valence-electron chi connectivity index (χ1n) is 17.1. The van der Waals surface area contributed by atoms with E-state index in [1.165, 1.54) is 60.1 Å². The van der Waals surface area contributed by atoms with Crippen molar-refractivity contribution in [3.8, 4) is 33.4 Å². The quantitative estimate of drug-likeness (QED) is 0.180. The number of para-hydroxylation sites is 1. The molecule has 11 aromatic rings. The average molecular weight is 637 g/mol. The molecule has 0 bridgehead atoms. The Morgan fingerprint density at radius 3 is 1.42 bits per heavy atom. The van der Waals surface area contributed by atoms with E-state index in [4.69, 9.17) is 8.83 Å². The molecule has 0 N–H and O–H groups in total. The van der Waals surface area contributed by atoms with Crippen molar-refractivity contribution in [2.75, 3.05) is 0 Å². The van der Waals surface area contributed by atoms with E-state index in [9.17, 15) is 0 Å². The largest absolute Gasteiger partial charge is 0.452 e. The molecule has 232 valence electrons. The van der Waals surface area contributed by atoms with Gasteiger partial charge in [-0.2, -0.15) is 0 Å². The van der Waals surface area contributed by atoms with Gasteiger partial charge in [-0.15, -0.1) is 0 Å². The molecule has 0 unspecified atom stereocenters. The third kappa shape index (κ3) is 3.96. The Balaban J connectivity index is 1.10. The zero-order valence-corrected chi connectivity index (χ0v) is 27.0. The molecule has 0 amide bonds. The molecule has 11 rings (SSSR count). The lowest BCUT2D eigenvalue weighted by molar-refractivity contribution is 0.633. The van der Waals surface area contributed by atoms with Gasteiger partial charge in [0.25, 0.3) is 0 Å². The fourth-order valence-electron chi connectivity index (χ4n) is 8.12. The van der Waals surface area contributed by atoms with Crippen LogP contribution in [0.15, 0.2) is 179 Å². The second kappa shape index (κ2) is 10.4. The van der Waals surface area contributed by atoms with Gasteiger partial charge in [0.1, 0.15) is 11.2 Å². The van der Waals surface area contributed by atoms with Crippen molar-refractivity contribution >= 4 is 76.2 Å². The number of furan rings is 2. The highest BCUT2D eigenvalue weighted by Crippen LogP contribution is 2.46. The van der Waals surface area contributed by atoms with Gasteiger partial charge in [-0.25, -0.2) is 0 Å². The summed E-state index contributed by atoms with van der Waals surface area (Å²) in [5.74, 6) is 0. The lowest BCUT2D eigenvalue weighted by atomic mass is 9.85. The Morgan fingerprint density at radius 1 is 0.260 bits per heavy atom. The SMILES string of the molecule is c1ccc2cc(-c3ccc(-c4c5ccccc5c(-c5ccc6oc7c(ccc8c9ccccc9oc87)c6c5)c5ccccc45)cc3)ccc2c1. The molecule has 9 aromatic carbocycles. The molecule has 50 heavy (non-hydrogen) atoms. The molecule has 2 nitrogen and oxygen atoms in total. The highest BCUT2D eigenvalue weighted by molar-refractivity contribution is 6.23. The summed E-state index contributed by atoms with van der Waals surface area (Å²) in [6.45, 7) is 0. The molecule has 0 saturated heterocycles. The molecule has 0 radical (unpaired) electrons. The second-order valence-electron chi connectivity index (χ2n) is 13.2. The van der Waals surface area contributed by atoms with E-state index < -0.39 is 0 Å². The fourth-order valence-corrected chi connectivity index (χ4v) is 8.12. The average Bonchev–Trinajstić information content (AvgIpc) is 3.75. The van der Waals surface area contributed by atoms with Crippen molar-refractivity contribution < 1.29 is 8.83 Å². The van der Waals surface area contributed by atoms with Crippen LogP contribution in [0.3, 0.4) is 0 Å². The lowest BCUT2D eigenvalue weighted by Crippen LogP contribution is -1.91. The van der Waals surface area contributed by atoms with E-state index in [2.05, 4.69) is 152 Å². The summed E-state index contributed by atoms with van der Waals surface area (Å²) < 4.78 is 12.8. The second-order valence-corrected chi connectivity index (χ2v) is 13.2. The third-order valence-electron chi connectivity index (χ3n) is 10.5. The predicted octanol–water partition coefficient (Wildman–Crippen LogP) is 13.9. The van der Waals surface area contributed by atoms with Crippen molar-refractivity contribution in [2.24, 2.45) is 0 Å². The van der Waals surface area contributed by atoms with Crippen molar-refractivity contribution in [2.45, 2.75) is 0 Å². The Labute approximate surface area is 287 Å². The number of rotatable bonds is 3. The summed E-state index contributed by atoms with van der Waals surface area (Å²) in [5, 5.41) is 11.8. The van der Waals surface area contributed by atoms with Crippen molar-refractivity contribution in [1.82, 2.24) is 0 Å². The molecular weight excluding hydrogens is 609 g/mol. The Morgan fingerprint density at radius 2 is 0.740 bits per heavy atom. The topological polar surface area (TPSA) is 26.3 Å². The van der Waals surface area contributed by atoms with Crippen LogP contribution in [0.1, 0.15) is 0 Å². The summed E-state index contributed by atoms with van der Waals surface area (Å²) in [6.07, 6.45) is 0. The molecular formula is C48H28O2. The van der Waals surface area contributed by atoms with Crippen LogP contribution in [0.2, 0.25) is 0 Å². The van der Waals surface area contributed by atoms with E-state index in [1.54, 1.807) is 0 Å². The minimum atomic E-state index is 0.794. The number of hydrogen-bond donors (Lipinski definition) is 0. The van der Waals surface area contributed by atoms with Gasteiger partial charge in [-0.1, -0.05) is 133 Å². The molecule has 0 spiro atoms. The molecule has 0 aliphatic heterocycles. The Hall–Kier alpha value is -6.64. The van der Waals surface area contributed by atoms with Crippen LogP contribution in [0.4, 0.5) is 0 Å². The zero-order chi connectivity index (χ0) is 32.8. The van der Waals surface area contributed by atoms with Crippen LogP contribution < -0.4 is 0 Å². The van der Waals surface area contributed by atoms with Gasteiger partial charge >= 0.3 is 0 Å². The molecule has 0 fully saturated rings. The van der Waals surface area contributed by atoms with Crippen LogP contribution in [-0.4, -0.2) is 0 Å². The summed E-state index contributed by atoms with van der Waals surface area (Å²) in [7, 11) is 0. The maximum Gasteiger partial charge on any atom is 0.178 e. The summed E-state index contributed by atoms with van der Waals surface area (Å²) in [4.78, 5) is 0. The lowest BCUT2D eigenvalue weighted by Gasteiger charge is -2.18. The Bertz CT molecular complexity index is 3080. The summed E-state index contributed by atoms with van der Waals surface area (Å²) in [6, 6.07) is 61.1. The van der Waals surface area contributed by atoms with E-state index in [1.807, 2.05) is 18.2 Å². The van der Waals surface area contributed by atoms with E-state index in [0.29, 0.717) is 0 Å². The molecule has 0 aliphatic carbocycles. The monoisotopic (exact) mass is 636 g/mol. The van der Waals surface area contributed by atoms with Crippen LogP contribution in [-0.2, 0) is 0 Å². The minimum Gasteiger partial charge on any atom is -0.452 e. The first-order valence-corrected chi connectivity index (χ1v) is 17.1. The molecule has 2 heteroatoms. The molecule has 0 saturated carbocycles. The number of fused-ring (bicyclic) bond motifs is 10. The summed E-state index contributed by atoms with van der Waals surface area (Å²) in [5.41, 5.74) is 10.6. The van der Waals surface area contributed by atoms with Crippen molar-refractivity contribution in [3.05, 3.63) is 170 Å². The normalized spacial score (nSPS) is 12.0. The van der Waals surface area contributed by atoms with E-state index >= 15 is 0 Å². The standard InChI is InChI=1S/C48H28O2/c1-2-10-32-27-33(22-19-29(32)9-1)30-17-20-31(21-18-30)45-36-12-3-5-14-38(36)46(39-15-6-4-13-37(39)45)34-23-26-44-42(28-34)41-25-24-40-35-11-7-8-16-43(35)49-47(40)48(41)50-44/h1-28H. The molecule has 2 aromatic heterocycles. The Kier molecular flexibility index (Phi) is 5.70. The minimum absolute atomic E-state index is 0.794. The van der Waals surface area contributed by atoms with Gasteiger partial charge in [0, 0.05) is 21.5 Å². The molecule has 0 atom stereocenters. The fraction of sp³-hybridized carbons (Fsp3) is 0. The van der Waals surface area contributed by atoms with Crippen LogP contribution in [0.25, 0.3) is 110 Å². The van der Waals surface area contributed by atoms with Crippen LogP contribution >= 0.6 is 0 Å². The van der Waals surface area contributed by atoms with Gasteiger partial charge in [-0.3, -0.25) is 0 Å². The first-order chi connectivity index (χ1) is 24.8. The number of benzene rings is 9.